The van der Waals surface area contributed by atoms with E-state index in [1.165, 1.54) is 49.6 Å². The van der Waals surface area contributed by atoms with E-state index in [9.17, 15) is 13.2 Å². The number of benzene rings is 2. The Balaban J connectivity index is 1.97. The molecule has 0 saturated heterocycles. The van der Waals surface area contributed by atoms with Gasteiger partial charge in [0.15, 0.2) is 5.69 Å². The van der Waals surface area contributed by atoms with E-state index in [1.807, 2.05) is 6.92 Å². The Bertz CT molecular complexity index is 1160. The van der Waals surface area contributed by atoms with Gasteiger partial charge in [-0.15, -0.1) is 0 Å². The molecule has 1 heterocycles. The first-order valence-electron chi connectivity index (χ1n) is 8.48. The van der Waals surface area contributed by atoms with Crippen LogP contribution < -0.4 is 10.1 Å². The summed E-state index contributed by atoms with van der Waals surface area (Å²) in [4.78, 5) is 12.7. The number of hydrogen-bond acceptors (Lipinski definition) is 5. The molecular weight excluding hydrogens is 482 g/mol. The second kappa shape index (κ2) is 8.56. The van der Waals surface area contributed by atoms with Crippen molar-refractivity contribution in [2.24, 2.45) is 0 Å². The maximum Gasteiger partial charge on any atom is 0.277 e. The summed E-state index contributed by atoms with van der Waals surface area (Å²) in [5.41, 5.74) is 0.455. The maximum atomic E-state index is 13.0. The number of ether oxygens (including phenoxy) is 1. The second-order valence-corrected chi connectivity index (χ2v) is 9.23. The summed E-state index contributed by atoms with van der Waals surface area (Å²) in [5.74, 6) is -0.194. The highest BCUT2D eigenvalue weighted by Gasteiger charge is 2.21. The molecule has 10 heteroatoms. The van der Waals surface area contributed by atoms with Gasteiger partial charge in [0.05, 0.1) is 21.4 Å². The smallest absolute Gasteiger partial charge is 0.277 e. The zero-order valence-corrected chi connectivity index (χ0v) is 18.7. The Labute approximate surface area is 181 Å². The third kappa shape index (κ3) is 4.63. The van der Waals surface area contributed by atoms with Crippen LogP contribution in [-0.2, 0) is 16.4 Å². The van der Waals surface area contributed by atoms with Gasteiger partial charge in [-0.2, -0.15) is 5.10 Å². The maximum absolute atomic E-state index is 13.0. The molecule has 0 aliphatic heterocycles. The van der Waals surface area contributed by atoms with Crippen molar-refractivity contribution in [3.8, 4) is 5.75 Å². The van der Waals surface area contributed by atoms with Crippen LogP contribution in [0.4, 0.5) is 5.69 Å². The van der Waals surface area contributed by atoms with E-state index in [0.29, 0.717) is 16.0 Å². The number of nitrogens with one attached hydrogen (secondary N) is 1. The first kappa shape index (κ1) is 21.4. The molecule has 0 aliphatic carbocycles. The predicted octanol–water partition coefficient (Wildman–Crippen LogP) is 4.41. The van der Waals surface area contributed by atoms with Crippen LogP contribution >= 0.6 is 27.5 Å². The Hall–Kier alpha value is -2.36. The van der Waals surface area contributed by atoms with Crippen LogP contribution in [0.2, 0.25) is 5.02 Å². The number of amides is 1. The predicted molar refractivity (Wildman–Crippen MR) is 113 cm³/mol. The van der Waals surface area contributed by atoms with Gasteiger partial charge in [0, 0.05) is 29.5 Å². The zero-order valence-electron chi connectivity index (χ0n) is 15.5. The standard InChI is InChI=1S/C19H17BrClN3O4S/c1-3-24-11-17(20)18(23-24)19(25)22-13-8-14(28-2)10-16(9-13)29(26,27)15-6-4-12(21)5-7-15/h4-11H,3H2,1-2H3,(H,22,25). The van der Waals surface area contributed by atoms with Crippen LogP contribution in [0.5, 0.6) is 5.75 Å². The summed E-state index contributed by atoms with van der Waals surface area (Å²) < 4.78 is 33.3. The normalized spacial score (nSPS) is 11.3. The lowest BCUT2D eigenvalue weighted by atomic mass is 10.3. The first-order chi connectivity index (χ1) is 13.7. The van der Waals surface area contributed by atoms with Crippen LogP contribution in [0.15, 0.2) is 62.9 Å². The average molecular weight is 499 g/mol. The monoisotopic (exact) mass is 497 g/mol. The molecule has 1 N–H and O–H groups in total. The topological polar surface area (TPSA) is 90.3 Å². The van der Waals surface area contributed by atoms with Gasteiger partial charge < -0.3 is 10.1 Å². The molecule has 0 fully saturated rings. The van der Waals surface area contributed by atoms with Gasteiger partial charge in [-0.05, 0) is 59.3 Å². The molecule has 0 saturated carbocycles. The van der Waals surface area contributed by atoms with Crippen LogP contribution in [-0.4, -0.2) is 31.2 Å². The number of nitrogens with zero attached hydrogens (tertiary/aromatic N) is 2. The lowest BCUT2D eigenvalue weighted by Gasteiger charge is -2.11. The fourth-order valence-electron chi connectivity index (χ4n) is 2.57. The van der Waals surface area contributed by atoms with E-state index in [4.69, 9.17) is 16.3 Å². The zero-order chi connectivity index (χ0) is 21.2. The lowest BCUT2D eigenvalue weighted by Crippen LogP contribution is -2.14. The number of rotatable bonds is 6. The van der Waals surface area contributed by atoms with Crippen molar-refractivity contribution in [1.29, 1.82) is 0 Å². The molecule has 1 aromatic heterocycles. The van der Waals surface area contributed by atoms with Gasteiger partial charge in [-0.3, -0.25) is 9.48 Å². The van der Waals surface area contributed by atoms with Crippen LogP contribution in [0.1, 0.15) is 17.4 Å². The molecule has 0 radical (unpaired) electrons. The molecule has 0 atom stereocenters. The van der Waals surface area contributed by atoms with Crippen molar-refractivity contribution in [2.75, 3.05) is 12.4 Å². The number of aryl methyl sites for hydroxylation is 1. The molecule has 1 amide bonds. The SMILES string of the molecule is CCn1cc(Br)c(C(=O)Nc2cc(OC)cc(S(=O)(=O)c3ccc(Cl)cc3)c2)n1. The fourth-order valence-corrected chi connectivity index (χ4v) is 4.51. The Morgan fingerprint density at radius 2 is 1.90 bits per heavy atom. The first-order valence-corrected chi connectivity index (χ1v) is 11.1. The lowest BCUT2D eigenvalue weighted by molar-refractivity contribution is 0.102. The second-order valence-electron chi connectivity index (χ2n) is 5.99. The van der Waals surface area contributed by atoms with Crippen molar-refractivity contribution in [3.05, 3.63) is 63.9 Å². The molecule has 0 bridgehead atoms. The Kier molecular flexibility index (Phi) is 6.30. The largest absolute Gasteiger partial charge is 0.497 e. The Morgan fingerprint density at radius 1 is 1.21 bits per heavy atom. The minimum absolute atomic E-state index is 0.0207. The summed E-state index contributed by atoms with van der Waals surface area (Å²) in [6, 6.07) is 10.1. The number of aromatic nitrogens is 2. The van der Waals surface area contributed by atoms with Gasteiger partial charge in [0.25, 0.3) is 5.91 Å². The number of sulfone groups is 1. The van der Waals surface area contributed by atoms with Gasteiger partial charge in [-0.25, -0.2) is 8.42 Å². The van der Waals surface area contributed by atoms with Crippen LogP contribution in [0, 0.1) is 0 Å². The number of hydrogen-bond donors (Lipinski definition) is 1. The van der Waals surface area contributed by atoms with Crippen molar-refractivity contribution in [1.82, 2.24) is 9.78 Å². The number of methoxy groups -OCH3 is 1. The molecule has 152 valence electrons. The van der Waals surface area contributed by atoms with Crippen molar-refractivity contribution in [2.45, 2.75) is 23.3 Å². The minimum atomic E-state index is -3.84. The number of halogens is 2. The van der Waals surface area contributed by atoms with E-state index in [1.54, 1.807) is 10.9 Å². The van der Waals surface area contributed by atoms with E-state index >= 15 is 0 Å². The molecule has 7 nitrogen and oxygen atoms in total. The van der Waals surface area contributed by atoms with Gasteiger partial charge >= 0.3 is 0 Å². The van der Waals surface area contributed by atoms with E-state index in [0.717, 1.165) is 0 Å². The van der Waals surface area contributed by atoms with Gasteiger partial charge in [0.1, 0.15) is 5.75 Å². The molecular formula is C19H17BrClN3O4S. The summed E-state index contributed by atoms with van der Waals surface area (Å²) >= 11 is 9.15. The van der Waals surface area contributed by atoms with E-state index < -0.39 is 15.7 Å². The summed E-state index contributed by atoms with van der Waals surface area (Å²) in [5, 5.41) is 7.29. The fraction of sp³-hybridized carbons (Fsp3) is 0.158. The molecule has 3 aromatic rings. The molecule has 0 unspecified atom stereocenters. The minimum Gasteiger partial charge on any atom is -0.497 e. The quantitative estimate of drug-likeness (QED) is 0.543. The molecule has 0 aliphatic rings. The molecule has 0 spiro atoms. The summed E-state index contributed by atoms with van der Waals surface area (Å²) in [6.45, 7) is 2.51. The molecule has 29 heavy (non-hydrogen) atoms. The molecule has 2 aromatic carbocycles. The highest BCUT2D eigenvalue weighted by molar-refractivity contribution is 9.10. The van der Waals surface area contributed by atoms with Crippen LogP contribution in [0.3, 0.4) is 0 Å². The van der Waals surface area contributed by atoms with E-state index in [-0.39, 0.29) is 26.9 Å². The third-order valence-corrected chi connectivity index (χ3v) is 6.65. The Morgan fingerprint density at radius 3 is 2.48 bits per heavy atom. The van der Waals surface area contributed by atoms with Crippen molar-refractivity contribution in [3.63, 3.8) is 0 Å². The average Bonchev–Trinajstić information content (AvgIpc) is 3.09. The third-order valence-electron chi connectivity index (χ3n) is 4.06. The highest BCUT2D eigenvalue weighted by Crippen LogP contribution is 2.29. The van der Waals surface area contributed by atoms with E-state index in [2.05, 4.69) is 26.3 Å². The van der Waals surface area contributed by atoms with Crippen LogP contribution in [0.25, 0.3) is 0 Å². The van der Waals surface area contributed by atoms with Gasteiger partial charge in [0.2, 0.25) is 9.84 Å². The number of carbonyl (C=O) groups excluding carboxylic acids is 1. The molecule has 3 rings (SSSR count). The van der Waals surface area contributed by atoms with Gasteiger partial charge in [-0.1, -0.05) is 11.6 Å². The number of anilines is 1. The summed E-state index contributed by atoms with van der Waals surface area (Å²) in [6.07, 6.45) is 1.69. The highest BCUT2D eigenvalue weighted by atomic mass is 79.9. The number of carbonyl (C=O) groups is 1. The van der Waals surface area contributed by atoms with Crippen molar-refractivity contribution >= 4 is 49.0 Å². The summed E-state index contributed by atoms with van der Waals surface area (Å²) in [7, 11) is -2.42. The van der Waals surface area contributed by atoms with Crippen molar-refractivity contribution < 1.29 is 17.9 Å².